The highest BCUT2D eigenvalue weighted by atomic mass is 15.1. The van der Waals surface area contributed by atoms with Crippen molar-refractivity contribution in [2.24, 2.45) is 5.73 Å². The smallest absolute Gasteiger partial charge is 0.0991 e. The molecule has 1 atom stereocenters. The van der Waals surface area contributed by atoms with Crippen molar-refractivity contribution in [2.75, 3.05) is 0 Å². The van der Waals surface area contributed by atoms with Gasteiger partial charge in [-0.1, -0.05) is 12.1 Å². The molecule has 4 heteroatoms. The van der Waals surface area contributed by atoms with Crippen LogP contribution in [0.2, 0.25) is 0 Å². The maximum atomic E-state index is 8.72. The van der Waals surface area contributed by atoms with Gasteiger partial charge in [-0.2, -0.15) is 5.26 Å². The molecule has 0 unspecified atom stereocenters. The molecule has 0 radical (unpaired) electrons. The summed E-state index contributed by atoms with van der Waals surface area (Å²) in [6.07, 6.45) is 3.56. The van der Waals surface area contributed by atoms with Crippen LogP contribution in [0.4, 0.5) is 0 Å². The van der Waals surface area contributed by atoms with Crippen LogP contribution in [0.15, 0.2) is 36.8 Å². The van der Waals surface area contributed by atoms with Crippen molar-refractivity contribution >= 4 is 0 Å². The number of imidazole rings is 1. The molecule has 0 saturated heterocycles. The summed E-state index contributed by atoms with van der Waals surface area (Å²) in [5.74, 6) is 0. The first-order valence-corrected chi connectivity index (χ1v) is 5.45. The molecule has 86 valence electrons. The van der Waals surface area contributed by atoms with E-state index < -0.39 is 0 Å². The van der Waals surface area contributed by atoms with Gasteiger partial charge in [0.25, 0.3) is 0 Å². The van der Waals surface area contributed by atoms with Gasteiger partial charge in [0.05, 0.1) is 23.7 Å². The molecule has 0 fully saturated rings. The number of benzene rings is 1. The first-order chi connectivity index (χ1) is 8.20. The summed E-state index contributed by atoms with van der Waals surface area (Å²) in [6.45, 7) is 2.66. The molecular formula is C13H14N4. The van der Waals surface area contributed by atoms with E-state index in [-0.39, 0.29) is 6.04 Å². The average molecular weight is 226 g/mol. The topological polar surface area (TPSA) is 67.6 Å². The molecule has 2 aromatic rings. The molecule has 4 nitrogen and oxygen atoms in total. The second-order valence-corrected chi connectivity index (χ2v) is 4.04. The van der Waals surface area contributed by atoms with Crippen molar-refractivity contribution < 1.29 is 0 Å². The van der Waals surface area contributed by atoms with E-state index in [9.17, 15) is 0 Å². The lowest BCUT2D eigenvalue weighted by Crippen LogP contribution is -2.12. The van der Waals surface area contributed by atoms with Gasteiger partial charge in [-0.25, -0.2) is 4.98 Å². The number of hydrogen-bond donors (Lipinski definition) is 1. The number of nitriles is 1. The minimum absolute atomic E-state index is 0.0316. The lowest BCUT2D eigenvalue weighted by Gasteiger charge is -2.10. The first kappa shape index (κ1) is 11.4. The summed E-state index contributed by atoms with van der Waals surface area (Å²) in [7, 11) is 0. The zero-order valence-electron chi connectivity index (χ0n) is 9.67. The zero-order valence-corrected chi connectivity index (χ0v) is 9.67. The van der Waals surface area contributed by atoms with Crippen molar-refractivity contribution in [2.45, 2.75) is 19.5 Å². The summed E-state index contributed by atoms with van der Waals surface area (Å²) < 4.78 is 2.02. The minimum Gasteiger partial charge on any atom is -0.329 e. The van der Waals surface area contributed by atoms with Crippen molar-refractivity contribution in [3.8, 4) is 6.07 Å². The number of nitrogens with zero attached hydrogens (tertiary/aromatic N) is 3. The van der Waals surface area contributed by atoms with Gasteiger partial charge in [0.2, 0.25) is 0 Å². The largest absolute Gasteiger partial charge is 0.329 e. The summed E-state index contributed by atoms with van der Waals surface area (Å²) in [5, 5.41) is 8.72. The van der Waals surface area contributed by atoms with Gasteiger partial charge in [0.1, 0.15) is 0 Å². The molecule has 0 spiro atoms. The van der Waals surface area contributed by atoms with Crippen LogP contribution in [0, 0.1) is 11.3 Å². The average Bonchev–Trinajstić information content (AvgIpc) is 2.78. The van der Waals surface area contributed by atoms with Crippen LogP contribution in [0.1, 0.15) is 29.8 Å². The van der Waals surface area contributed by atoms with Crippen LogP contribution in [0.3, 0.4) is 0 Å². The van der Waals surface area contributed by atoms with E-state index in [4.69, 9.17) is 11.0 Å². The fourth-order valence-electron chi connectivity index (χ4n) is 1.72. The molecular weight excluding hydrogens is 212 g/mol. The number of rotatable bonds is 3. The van der Waals surface area contributed by atoms with Crippen LogP contribution in [0.5, 0.6) is 0 Å². The van der Waals surface area contributed by atoms with Crippen LogP contribution in [-0.2, 0) is 6.54 Å². The number of aromatic nitrogens is 2. The third-order valence-electron chi connectivity index (χ3n) is 2.65. The van der Waals surface area contributed by atoms with E-state index in [1.165, 1.54) is 0 Å². The predicted octanol–water partition coefficient (Wildman–Crippen LogP) is 1.82. The Kier molecular flexibility index (Phi) is 3.22. The van der Waals surface area contributed by atoms with Gasteiger partial charge >= 0.3 is 0 Å². The Bertz CT molecular complexity index is 531. The highest BCUT2D eigenvalue weighted by molar-refractivity contribution is 5.31. The Balaban J connectivity index is 2.20. The molecule has 0 bridgehead atoms. The summed E-state index contributed by atoms with van der Waals surface area (Å²) >= 11 is 0. The molecule has 17 heavy (non-hydrogen) atoms. The van der Waals surface area contributed by atoms with E-state index in [2.05, 4.69) is 11.1 Å². The maximum Gasteiger partial charge on any atom is 0.0991 e. The van der Waals surface area contributed by atoms with E-state index in [1.54, 1.807) is 12.5 Å². The predicted molar refractivity (Wildman–Crippen MR) is 65.1 cm³/mol. The molecule has 1 aromatic heterocycles. The third-order valence-corrected chi connectivity index (χ3v) is 2.65. The maximum absolute atomic E-state index is 8.72. The third kappa shape index (κ3) is 2.52. The Morgan fingerprint density at radius 1 is 1.41 bits per heavy atom. The zero-order chi connectivity index (χ0) is 12.3. The van der Waals surface area contributed by atoms with Crippen molar-refractivity contribution in [3.05, 3.63) is 53.6 Å². The van der Waals surface area contributed by atoms with E-state index >= 15 is 0 Å². The van der Waals surface area contributed by atoms with E-state index in [0.29, 0.717) is 5.56 Å². The van der Waals surface area contributed by atoms with E-state index in [1.807, 2.05) is 35.8 Å². The summed E-state index contributed by atoms with van der Waals surface area (Å²) in [4.78, 5) is 4.10. The minimum atomic E-state index is -0.0316. The van der Waals surface area contributed by atoms with Crippen molar-refractivity contribution in [1.82, 2.24) is 9.55 Å². The highest BCUT2D eigenvalue weighted by Crippen LogP contribution is 2.12. The molecule has 0 aliphatic rings. The summed E-state index contributed by atoms with van der Waals surface area (Å²) in [6, 6.07) is 9.60. The van der Waals surface area contributed by atoms with E-state index in [0.717, 1.165) is 17.8 Å². The van der Waals surface area contributed by atoms with Gasteiger partial charge in [-0.3, -0.25) is 0 Å². The quantitative estimate of drug-likeness (QED) is 0.868. The van der Waals surface area contributed by atoms with Crippen LogP contribution >= 0.6 is 0 Å². The first-order valence-electron chi connectivity index (χ1n) is 5.45. The monoisotopic (exact) mass is 226 g/mol. The van der Waals surface area contributed by atoms with Crippen molar-refractivity contribution in [3.63, 3.8) is 0 Å². The van der Waals surface area contributed by atoms with Gasteiger partial charge in [0, 0.05) is 18.8 Å². The molecule has 2 rings (SSSR count). The van der Waals surface area contributed by atoms with Crippen molar-refractivity contribution in [1.29, 1.82) is 5.26 Å². The molecule has 0 aliphatic carbocycles. The Morgan fingerprint density at radius 2 is 2.12 bits per heavy atom. The van der Waals surface area contributed by atoms with Gasteiger partial charge in [0.15, 0.2) is 0 Å². The normalized spacial score (nSPS) is 12.1. The SMILES string of the molecule is C[C@@H](N)c1cncn1Cc1ccc(C#N)cc1. The fourth-order valence-corrected chi connectivity index (χ4v) is 1.72. The standard InChI is InChI=1S/C13H14N4/c1-10(15)13-7-16-9-17(13)8-12-4-2-11(6-14)3-5-12/h2-5,7,9-10H,8,15H2,1H3/t10-/m1/s1. The van der Waals surface area contributed by atoms with Gasteiger partial charge < -0.3 is 10.3 Å². The lowest BCUT2D eigenvalue weighted by molar-refractivity contribution is 0.674. The molecule has 2 N–H and O–H groups in total. The summed E-state index contributed by atoms with van der Waals surface area (Å²) in [5.41, 5.74) is 8.66. The van der Waals surface area contributed by atoms with Gasteiger partial charge in [-0.15, -0.1) is 0 Å². The lowest BCUT2D eigenvalue weighted by atomic mass is 10.1. The fraction of sp³-hybridized carbons (Fsp3) is 0.231. The molecule has 0 amide bonds. The second kappa shape index (κ2) is 4.81. The van der Waals surface area contributed by atoms with Gasteiger partial charge in [-0.05, 0) is 24.6 Å². The molecule has 0 aliphatic heterocycles. The highest BCUT2D eigenvalue weighted by Gasteiger charge is 2.06. The Morgan fingerprint density at radius 3 is 2.71 bits per heavy atom. The van der Waals surface area contributed by atoms with Crippen LogP contribution < -0.4 is 5.73 Å². The molecule has 0 saturated carbocycles. The number of hydrogen-bond acceptors (Lipinski definition) is 3. The second-order valence-electron chi connectivity index (χ2n) is 4.04. The van der Waals surface area contributed by atoms with Crippen LogP contribution in [0.25, 0.3) is 0 Å². The number of nitrogens with two attached hydrogens (primary N) is 1. The molecule has 1 aromatic carbocycles. The molecule has 1 heterocycles. The Labute approximate surface area is 100 Å². The van der Waals surface area contributed by atoms with Crippen LogP contribution in [-0.4, -0.2) is 9.55 Å². The Hall–Kier alpha value is -2.12.